The summed E-state index contributed by atoms with van der Waals surface area (Å²) in [4.78, 5) is 4.56. The Hall–Kier alpha value is -1.29. The van der Waals surface area contributed by atoms with Crippen LogP contribution in [0.5, 0.6) is 0 Å². The topological polar surface area (TPSA) is 24.4 Å². The lowest BCUT2D eigenvalue weighted by molar-refractivity contribution is 0.628. The molecule has 0 aliphatic carbocycles. The minimum atomic E-state index is -0.272. The van der Waals surface area contributed by atoms with Gasteiger partial charge in [0.2, 0.25) is 0 Å². The maximum absolute atomic E-state index is 12.9. The predicted molar refractivity (Wildman–Crippen MR) is 55.1 cm³/mol. The molecule has 1 aliphatic heterocycles. The highest BCUT2D eigenvalue weighted by molar-refractivity contribution is 7.82. The van der Waals surface area contributed by atoms with Crippen LogP contribution in [0.15, 0.2) is 23.2 Å². The molecule has 1 heterocycles. The Balaban J connectivity index is 2.63. The summed E-state index contributed by atoms with van der Waals surface area (Å²) < 4.78 is 12.9. The monoisotopic (exact) mass is 194 g/mol. The number of hydrogen-bond donors (Lipinski definition) is 1. The smallest absolute Gasteiger partial charge is 0.129 e. The van der Waals surface area contributed by atoms with Crippen LogP contribution in [0.2, 0.25) is 0 Å². The minimum Gasteiger partial charge on any atom is -0.344 e. The molecule has 66 valence electrons. The molecular weight excluding hydrogens is 187 g/mol. The molecule has 0 fully saturated rings. The van der Waals surface area contributed by atoms with Gasteiger partial charge in [-0.2, -0.15) is 0 Å². The van der Waals surface area contributed by atoms with Crippen LogP contribution in [0.3, 0.4) is 0 Å². The molecule has 0 saturated heterocycles. The second-order valence-corrected chi connectivity index (χ2v) is 3.12. The third-order valence-corrected chi connectivity index (χ3v) is 2.22. The van der Waals surface area contributed by atoms with E-state index in [-0.39, 0.29) is 5.82 Å². The number of anilines is 1. The summed E-state index contributed by atoms with van der Waals surface area (Å²) in [5.41, 5.74) is 2.23. The molecule has 0 aromatic heterocycles. The van der Waals surface area contributed by atoms with Gasteiger partial charge in [-0.1, -0.05) is 12.2 Å². The summed E-state index contributed by atoms with van der Waals surface area (Å²) in [7, 11) is 1.64. The van der Waals surface area contributed by atoms with Crippen molar-refractivity contribution in [1.29, 1.82) is 0 Å². The molecule has 0 bridgehead atoms. The van der Waals surface area contributed by atoms with Gasteiger partial charge in [0.25, 0.3) is 0 Å². The Morgan fingerprint density at radius 1 is 1.46 bits per heavy atom. The molecule has 1 aromatic rings. The van der Waals surface area contributed by atoms with Gasteiger partial charge >= 0.3 is 0 Å². The summed E-state index contributed by atoms with van der Waals surface area (Å²) in [5, 5.41) is 2.96. The van der Waals surface area contributed by atoms with E-state index in [0.717, 1.165) is 11.3 Å². The molecule has 0 saturated carbocycles. The summed E-state index contributed by atoms with van der Waals surface area (Å²) in [6.07, 6.45) is 0. The SMILES string of the molecule is CN=C1C(=S)Nc2ccc(F)cc21. The van der Waals surface area contributed by atoms with Crippen LogP contribution in [-0.4, -0.2) is 17.7 Å². The van der Waals surface area contributed by atoms with Crippen LogP contribution in [0.1, 0.15) is 5.56 Å². The van der Waals surface area contributed by atoms with Crippen molar-refractivity contribution in [2.24, 2.45) is 4.99 Å². The fourth-order valence-corrected chi connectivity index (χ4v) is 1.66. The maximum atomic E-state index is 12.9. The van der Waals surface area contributed by atoms with Gasteiger partial charge in [0, 0.05) is 18.3 Å². The van der Waals surface area contributed by atoms with Gasteiger partial charge in [0.05, 0.1) is 0 Å². The number of benzene rings is 1. The van der Waals surface area contributed by atoms with Gasteiger partial charge in [-0.05, 0) is 18.2 Å². The Morgan fingerprint density at radius 2 is 2.23 bits per heavy atom. The van der Waals surface area contributed by atoms with Gasteiger partial charge in [-0.3, -0.25) is 4.99 Å². The number of nitrogens with one attached hydrogen (secondary N) is 1. The Morgan fingerprint density at radius 3 is 2.92 bits per heavy atom. The fourth-order valence-electron chi connectivity index (χ4n) is 1.35. The lowest BCUT2D eigenvalue weighted by atomic mass is 10.1. The van der Waals surface area contributed by atoms with Crippen molar-refractivity contribution in [2.45, 2.75) is 0 Å². The lowest BCUT2D eigenvalue weighted by Crippen LogP contribution is -2.11. The van der Waals surface area contributed by atoms with E-state index >= 15 is 0 Å². The van der Waals surface area contributed by atoms with Crippen LogP contribution in [-0.2, 0) is 0 Å². The number of halogens is 1. The van der Waals surface area contributed by atoms with Crippen LogP contribution in [0.25, 0.3) is 0 Å². The average molecular weight is 194 g/mol. The van der Waals surface area contributed by atoms with E-state index in [0.29, 0.717) is 10.7 Å². The number of aliphatic imine (C=N–C) groups is 1. The lowest BCUT2D eigenvalue weighted by Gasteiger charge is -1.96. The van der Waals surface area contributed by atoms with Crippen molar-refractivity contribution >= 4 is 28.6 Å². The van der Waals surface area contributed by atoms with Gasteiger partial charge in [0.1, 0.15) is 16.5 Å². The summed E-state index contributed by atoms with van der Waals surface area (Å²) in [6, 6.07) is 4.49. The normalized spacial score (nSPS) is 17.4. The van der Waals surface area contributed by atoms with Crippen LogP contribution in [0.4, 0.5) is 10.1 Å². The first-order valence-corrected chi connectivity index (χ1v) is 4.21. The van der Waals surface area contributed by atoms with E-state index in [1.54, 1.807) is 13.1 Å². The second-order valence-electron chi connectivity index (χ2n) is 2.72. The maximum Gasteiger partial charge on any atom is 0.129 e. The zero-order valence-electron chi connectivity index (χ0n) is 6.97. The summed E-state index contributed by atoms with van der Waals surface area (Å²) in [5.74, 6) is -0.272. The number of hydrogen-bond acceptors (Lipinski definition) is 2. The van der Waals surface area contributed by atoms with E-state index in [4.69, 9.17) is 12.2 Å². The highest BCUT2D eigenvalue weighted by Gasteiger charge is 2.21. The first-order chi connectivity index (χ1) is 6.22. The highest BCUT2D eigenvalue weighted by Crippen LogP contribution is 2.24. The first-order valence-electron chi connectivity index (χ1n) is 3.80. The Kier molecular flexibility index (Phi) is 1.84. The van der Waals surface area contributed by atoms with E-state index in [1.165, 1.54) is 12.1 Å². The molecular formula is C9H7FN2S. The molecule has 0 spiro atoms. The number of fused-ring (bicyclic) bond motifs is 1. The zero-order valence-corrected chi connectivity index (χ0v) is 7.78. The molecule has 1 N–H and O–H groups in total. The fraction of sp³-hybridized carbons (Fsp3) is 0.111. The zero-order chi connectivity index (χ0) is 9.42. The van der Waals surface area contributed by atoms with Gasteiger partial charge in [-0.15, -0.1) is 0 Å². The number of rotatable bonds is 0. The largest absolute Gasteiger partial charge is 0.344 e. The third kappa shape index (κ3) is 1.23. The van der Waals surface area contributed by atoms with E-state index in [1.807, 2.05) is 0 Å². The van der Waals surface area contributed by atoms with Crippen molar-refractivity contribution in [2.75, 3.05) is 12.4 Å². The molecule has 4 heteroatoms. The molecule has 0 amide bonds. The van der Waals surface area contributed by atoms with Crippen molar-refractivity contribution in [3.8, 4) is 0 Å². The molecule has 2 rings (SSSR count). The van der Waals surface area contributed by atoms with E-state index in [2.05, 4.69) is 10.3 Å². The molecule has 0 radical (unpaired) electrons. The summed E-state index contributed by atoms with van der Waals surface area (Å²) >= 11 is 5.02. The predicted octanol–water partition coefficient (Wildman–Crippen LogP) is 2.00. The van der Waals surface area contributed by atoms with Crippen LogP contribution < -0.4 is 5.32 Å². The van der Waals surface area contributed by atoms with Gasteiger partial charge in [0.15, 0.2) is 0 Å². The van der Waals surface area contributed by atoms with Crippen molar-refractivity contribution in [3.63, 3.8) is 0 Å². The van der Waals surface area contributed by atoms with Crippen molar-refractivity contribution in [3.05, 3.63) is 29.6 Å². The Bertz CT molecular complexity index is 412. The molecule has 2 nitrogen and oxygen atoms in total. The quantitative estimate of drug-likeness (QED) is 0.639. The summed E-state index contributed by atoms with van der Waals surface area (Å²) in [6.45, 7) is 0. The third-order valence-electron chi connectivity index (χ3n) is 1.92. The van der Waals surface area contributed by atoms with Gasteiger partial charge in [-0.25, -0.2) is 4.39 Å². The number of nitrogens with zero attached hydrogens (tertiary/aromatic N) is 1. The van der Waals surface area contributed by atoms with Crippen molar-refractivity contribution < 1.29 is 4.39 Å². The molecule has 0 unspecified atom stereocenters. The van der Waals surface area contributed by atoms with Crippen LogP contribution >= 0.6 is 12.2 Å². The standard InChI is InChI=1S/C9H7FN2S/c1-11-8-6-4-5(10)2-3-7(6)12-9(8)13/h2-4H,1H3,(H,11,12,13). The molecule has 0 atom stereocenters. The Labute approximate surface area is 80.5 Å². The number of thiocarbonyl (C=S) groups is 1. The van der Waals surface area contributed by atoms with E-state index < -0.39 is 0 Å². The van der Waals surface area contributed by atoms with Crippen molar-refractivity contribution in [1.82, 2.24) is 0 Å². The molecule has 1 aromatic carbocycles. The van der Waals surface area contributed by atoms with Gasteiger partial charge < -0.3 is 5.32 Å². The van der Waals surface area contributed by atoms with E-state index in [9.17, 15) is 4.39 Å². The molecule has 1 aliphatic rings. The molecule has 13 heavy (non-hydrogen) atoms. The minimum absolute atomic E-state index is 0.272. The second kappa shape index (κ2) is 2.88. The first kappa shape index (κ1) is 8.31. The van der Waals surface area contributed by atoms with Crippen LogP contribution in [0, 0.1) is 5.82 Å². The highest BCUT2D eigenvalue weighted by atomic mass is 32.1. The average Bonchev–Trinajstić information content (AvgIpc) is 2.40.